The van der Waals surface area contributed by atoms with Gasteiger partial charge in [0.2, 0.25) is 18.1 Å². The number of aliphatic carboxylic acids is 2. The van der Waals surface area contributed by atoms with Gasteiger partial charge in [0.1, 0.15) is 0 Å². The number of likely N-dealkylation sites (tertiary alicyclic amines) is 1. The maximum Gasteiger partial charge on any atom is 0.411 e. The fourth-order valence-corrected chi connectivity index (χ4v) is 5.85. The van der Waals surface area contributed by atoms with Gasteiger partial charge in [0, 0.05) is 26.6 Å². The van der Waals surface area contributed by atoms with Crippen LogP contribution in [0.25, 0.3) is 11.5 Å². The molecule has 3 aromatic carbocycles. The van der Waals surface area contributed by atoms with Crippen LogP contribution in [0.2, 0.25) is 0 Å². The monoisotopic (exact) mass is 787 g/mol. The van der Waals surface area contributed by atoms with Gasteiger partial charge in [-0.1, -0.05) is 52.7 Å². The quantitative estimate of drug-likeness (QED) is 0.128. The minimum absolute atomic E-state index is 0.0212. The maximum absolute atomic E-state index is 12.2. The Morgan fingerprint density at radius 1 is 0.807 bits per heavy atom. The van der Waals surface area contributed by atoms with Crippen LogP contribution in [0.1, 0.15) is 57.4 Å². The summed E-state index contributed by atoms with van der Waals surface area (Å²) in [7, 11) is 0. The number of nitrogens with zero attached hydrogens (tertiary/aromatic N) is 4. The highest BCUT2D eigenvalue weighted by Crippen LogP contribution is 2.31. The molecule has 0 aliphatic carbocycles. The largest absolute Gasteiger partial charge is 0.478 e. The molecule has 4 N–H and O–H groups in total. The van der Waals surface area contributed by atoms with Crippen molar-refractivity contribution in [2.45, 2.75) is 52.7 Å². The van der Waals surface area contributed by atoms with Gasteiger partial charge in [-0.15, -0.1) is 0 Å². The SMILES string of the molecule is CC(=O)NCCN1CCC(CN(C(=O)O)c2ccccc2-c2nc(C)no2)CC1.Cc1ccc(C(=O)OC(C(=O)O)C(OC(=O)c2ccc(C)cc2)C(=O)O)cc1. The summed E-state index contributed by atoms with van der Waals surface area (Å²) in [5.74, 6) is -4.56. The summed E-state index contributed by atoms with van der Waals surface area (Å²) < 4.78 is 14.9. The standard InChI is InChI=1S/C20H27N5O4.C20H18O8/c1-14-22-19(29-23-14)17-5-3-4-6-18(17)25(20(27)28)13-16-7-10-24(11-8-16)12-9-21-15(2)26;1-11-3-7-13(8-4-11)19(25)27-15(17(21)22)16(18(23)24)28-20(26)14-9-5-12(2)6-10-14/h3-6,16H,7-13H2,1-2H3,(H,21,26)(H,27,28);3-10,15-16H,1-2H3,(H,21,22)(H,23,24). The molecule has 1 fully saturated rings. The molecule has 4 aromatic rings. The first kappa shape index (κ1) is 43.1. The second-order valence-electron chi connectivity index (χ2n) is 13.4. The summed E-state index contributed by atoms with van der Waals surface area (Å²) in [5, 5.41) is 35.1. The second kappa shape index (κ2) is 20.3. The fourth-order valence-electron chi connectivity index (χ4n) is 5.85. The van der Waals surface area contributed by atoms with Gasteiger partial charge in [0.25, 0.3) is 5.89 Å². The molecule has 1 aromatic heterocycles. The molecular formula is C40H45N5O12. The third-order valence-corrected chi connectivity index (χ3v) is 8.94. The number of nitrogens with one attached hydrogen (secondary N) is 1. The summed E-state index contributed by atoms with van der Waals surface area (Å²) in [4.78, 5) is 78.3. The van der Waals surface area contributed by atoms with Crippen LogP contribution in [-0.2, 0) is 23.9 Å². The number of hydrogen-bond donors (Lipinski definition) is 4. The molecule has 17 nitrogen and oxygen atoms in total. The molecule has 1 saturated heterocycles. The Hall–Kier alpha value is -6.62. The topological polar surface area (TPSA) is 239 Å². The molecule has 2 unspecified atom stereocenters. The van der Waals surface area contributed by atoms with Gasteiger partial charge < -0.3 is 39.5 Å². The molecule has 57 heavy (non-hydrogen) atoms. The molecule has 0 saturated carbocycles. The third-order valence-electron chi connectivity index (χ3n) is 8.94. The van der Waals surface area contributed by atoms with Crippen molar-refractivity contribution in [3.8, 4) is 11.5 Å². The van der Waals surface area contributed by atoms with Gasteiger partial charge in [-0.05, 0) is 89.0 Å². The number of esters is 2. The van der Waals surface area contributed by atoms with E-state index in [1.807, 2.05) is 12.1 Å². The van der Waals surface area contributed by atoms with Crippen molar-refractivity contribution in [2.75, 3.05) is 37.6 Å². The molecule has 5 rings (SSSR count). The number of para-hydroxylation sites is 1. The van der Waals surface area contributed by atoms with Crippen LogP contribution in [0.4, 0.5) is 10.5 Å². The predicted octanol–water partition coefficient (Wildman–Crippen LogP) is 4.60. The first-order valence-electron chi connectivity index (χ1n) is 18.0. The number of carboxylic acids is 2. The van der Waals surface area contributed by atoms with Crippen molar-refractivity contribution in [1.29, 1.82) is 0 Å². The van der Waals surface area contributed by atoms with E-state index in [0.717, 1.165) is 43.6 Å². The maximum atomic E-state index is 12.2. The van der Waals surface area contributed by atoms with Crippen molar-refractivity contribution in [3.63, 3.8) is 0 Å². The Balaban J connectivity index is 0.000000253. The van der Waals surface area contributed by atoms with E-state index in [0.29, 0.717) is 36.1 Å². The van der Waals surface area contributed by atoms with E-state index in [9.17, 15) is 44.1 Å². The molecule has 302 valence electrons. The Labute approximate surface area is 328 Å². The lowest BCUT2D eigenvalue weighted by atomic mass is 9.95. The molecule has 2 atom stereocenters. The summed E-state index contributed by atoms with van der Waals surface area (Å²) >= 11 is 0. The number of aryl methyl sites for hydroxylation is 3. The van der Waals surface area contributed by atoms with E-state index in [2.05, 4.69) is 20.4 Å². The Bertz CT molecular complexity index is 1950. The predicted molar refractivity (Wildman–Crippen MR) is 204 cm³/mol. The van der Waals surface area contributed by atoms with E-state index in [-0.39, 0.29) is 23.0 Å². The third kappa shape index (κ3) is 12.7. The zero-order chi connectivity index (χ0) is 41.6. The lowest BCUT2D eigenvalue weighted by Crippen LogP contribution is -2.45. The van der Waals surface area contributed by atoms with Crippen molar-refractivity contribution < 1.29 is 58.1 Å². The minimum Gasteiger partial charge on any atom is -0.478 e. The number of carbonyl (C=O) groups is 6. The molecular weight excluding hydrogens is 742 g/mol. The number of rotatable bonds is 14. The lowest BCUT2D eigenvalue weighted by Gasteiger charge is -2.34. The van der Waals surface area contributed by atoms with Gasteiger partial charge in [0.05, 0.1) is 22.4 Å². The molecule has 1 aliphatic rings. The molecule has 0 bridgehead atoms. The number of amides is 2. The molecule has 1 aliphatic heterocycles. The van der Waals surface area contributed by atoms with Gasteiger partial charge in [-0.2, -0.15) is 4.98 Å². The van der Waals surface area contributed by atoms with Crippen molar-refractivity contribution in [3.05, 3.63) is 101 Å². The summed E-state index contributed by atoms with van der Waals surface area (Å²) in [5.41, 5.74) is 2.96. The first-order valence-corrected chi connectivity index (χ1v) is 18.0. The van der Waals surface area contributed by atoms with Crippen molar-refractivity contribution >= 4 is 41.6 Å². The number of benzene rings is 3. The molecule has 2 amide bonds. The van der Waals surface area contributed by atoms with E-state index >= 15 is 0 Å². The zero-order valence-corrected chi connectivity index (χ0v) is 31.9. The summed E-state index contributed by atoms with van der Waals surface area (Å²) in [6.07, 6.45) is -3.62. The van der Waals surface area contributed by atoms with Crippen LogP contribution < -0.4 is 10.2 Å². The Morgan fingerprint density at radius 2 is 1.32 bits per heavy atom. The highest BCUT2D eigenvalue weighted by molar-refractivity contribution is 5.95. The van der Waals surface area contributed by atoms with Crippen LogP contribution in [0.5, 0.6) is 0 Å². The van der Waals surface area contributed by atoms with Crippen LogP contribution in [0, 0.1) is 26.7 Å². The summed E-state index contributed by atoms with van der Waals surface area (Å²) in [6.45, 7) is 10.5. The van der Waals surface area contributed by atoms with Crippen LogP contribution in [0.15, 0.2) is 77.3 Å². The normalized spacial score (nSPS) is 13.9. The number of hydrogen-bond acceptors (Lipinski definition) is 12. The molecule has 2 heterocycles. The van der Waals surface area contributed by atoms with E-state index < -0.39 is 42.2 Å². The van der Waals surface area contributed by atoms with E-state index in [4.69, 9.17) is 14.0 Å². The number of carbonyl (C=O) groups excluding carboxylic acids is 3. The average molecular weight is 788 g/mol. The number of carboxylic acid groups (broad SMARTS) is 3. The van der Waals surface area contributed by atoms with Crippen molar-refractivity contribution in [1.82, 2.24) is 20.4 Å². The van der Waals surface area contributed by atoms with Gasteiger partial charge in [0.15, 0.2) is 5.82 Å². The van der Waals surface area contributed by atoms with Crippen LogP contribution >= 0.6 is 0 Å². The Kier molecular flexibility index (Phi) is 15.4. The van der Waals surface area contributed by atoms with Gasteiger partial charge >= 0.3 is 30.0 Å². The fraction of sp³-hybridized carbons (Fsp3) is 0.350. The average Bonchev–Trinajstić information content (AvgIpc) is 3.61. The highest BCUT2D eigenvalue weighted by Gasteiger charge is 2.41. The summed E-state index contributed by atoms with van der Waals surface area (Å²) in [6, 6.07) is 19.3. The van der Waals surface area contributed by atoms with Gasteiger partial charge in [-0.25, -0.2) is 24.0 Å². The lowest BCUT2D eigenvalue weighted by molar-refractivity contribution is -0.166. The Morgan fingerprint density at radius 3 is 1.75 bits per heavy atom. The van der Waals surface area contributed by atoms with E-state index in [1.165, 1.54) is 36.1 Å². The van der Waals surface area contributed by atoms with E-state index in [1.54, 1.807) is 57.2 Å². The van der Waals surface area contributed by atoms with Gasteiger partial charge in [-0.3, -0.25) is 9.69 Å². The number of anilines is 1. The number of aromatic nitrogens is 2. The molecule has 0 radical (unpaired) electrons. The number of ether oxygens (including phenoxy) is 2. The van der Waals surface area contributed by atoms with Crippen molar-refractivity contribution in [2.24, 2.45) is 5.92 Å². The van der Waals surface area contributed by atoms with Crippen LogP contribution in [-0.4, -0.2) is 111 Å². The molecule has 0 spiro atoms. The minimum atomic E-state index is -2.22. The smallest absolute Gasteiger partial charge is 0.411 e. The molecule has 17 heteroatoms. The first-order chi connectivity index (χ1) is 27.1. The second-order valence-corrected chi connectivity index (χ2v) is 13.4. The number of piperidine rings is 1. The zero-order valence-electron chi connectivity index (χ0n) is 31.9. The highest BCUT2D eigenvalue weighted by atomic mass is 16.6. The van der Waals surface area contributed by atoms with Crippen LogP contribution in [0.3, 0.4) is 0 Å².